The van der Waals surface area contributed by atoms with Crippen LogP contribution in [0.25, 0.3) is 11.3 Å². The maximum atomic E-state index is 13.7. The Morgan fingerprint density at radius 3 is 2.84 bits per heavy atom. The number of carbonyl (C=O) groups excluding carboxylic acids is 1. The first-order valence-electron chi connectivity index (χ1n) is 7.71. The first-order valence-corrected chi connectivity index (χ1v) is 8.09. The highest BCUT2D eigenvalue weighted by Gasteiger charge is 2.12. The van der Waals surface area contributed by atoms with Gasteiger partial charge >= 0.3 is 5.97 Å². The summed E-state index contributed by atoms with van der Waals surface area (Å²) in [6.07, 6.45) is 1.85. The van der Waals surface area contributed by atoms with Crippen LogP contribution in [0.3, 0.4) is 0 Å². The van der Waals surface area contributed by atoms with Crippen LogP contribution in [0.15, 0.2) is 59.1 Å². The Labute approximate surface area is 149 Å². The van der Waals surface area contributed by atoms with Gasteiger partial charge in [0.05, 0.1) is 18.2 Å². The van der Waals surface area contributed by atoms with Crippen molar-refractivity contribution in [3.63, 3.8) is 0 Å². The van der Waals surface area contributed by atoms with Crippen molar-refractivity contribution in [2.75, 3.05) is 0 Å². The fourth-order valence-electron chi connectivity index (χ4n) is 2.28. The van der Waals surface area contributed by atoms with E-state index in [1.54, 1.807) is 36.4 Å². The molecule has 25 heavy (non-hydrogen) atoms. The average Bonchev–Trinajstić information content (AvgIpc) is 3.07. The standard InChI is InChI=1S/C19H15ClFNO3/c20-14-5-3-4-13(10-14)12-24-19(23)9-8-18-22-11-17(25-18)15-6-1-2-7-16(15)21/h1-7,10-11H,8-9,12H2. The lowest BCUT2D eigenvalue weighted by atomic mass is 10.2. The molecule has 0 N–H and O–H groups in total. The molecule has 3 rings (SSSR count). The van der Waals surface area contributed by atoms with E-state index in [1.807, 2.05) is 6.07 Å². The summed E-state index contributed by atoms with van der Waals surface area (Å²) in [4.78, 5) is 15.9. The molecule has 0 unspecified atom stereocenters. The van der Waals surface area contributed by atoms with E-state index in [9.17, 15) is 9.18 Å². The van der Waals surface area contributed by atoms with Crippen molar-refractivity contribution in [3.8, 4) is 11.3 Å². The number of aromatic nitrogens is 1. The molecule has 0 atom stereocenters. The molecule has 0 spiro atoms. The van der Waals surface area contributed by atoms with Crippen molar-refractivity contribution in [3.05, 3.63) is 77.0 Å². The lowest BCUT2D eigenvalue weighted by molar-refractivity contribution is -0.145. The van der Waals surface area contributed by atoms with Gasteiger partial charge in [0.15, 0.2) is 11.7 Å². The topological polar surface area (TPSA) is 52.3 Å². The van der Waals surface area contributed by atoms with E-state index in [0.717, 1.165) is 5.56 Å². The lowest BCUT2D eigenvalue weighted by Gasteiger charge is -2.04. The van der Waals surface area contributed by atoms with Gasteiger partial charge in [0.1, 0.15) is 12.4 Å². The molecule has 0 bridgehead atoms. The summed E-state index contributed by atoms with van der Waals surface area (Å²) in [6, 6.07) is 13.4. The summed E-state index contributed by atoms with van der Waals surface area (Å²) in [5, 5.41) is 0.592. The van der Waals surface area contributed by atoms with Gasteiger partial charge < -0.3 is 9.15 Å². The smallest absolute Gasteiger partial charge is 0.306 e. The van der Waals surface area contributed by atoms with Gasteiger partial charge in [-0.15, -0.1) is 0 Å². The average molecular weight is 360 g/mol. The largest absolute Gasteiger partial charge is 0.461 e. The number of esters is 1. The molecular weight excluding hydrogens is 345 g/mol. The minimum atomic E-state index is -0.383. The van der Waals surface area contributed by atoms with Gasteiger partial charge in [0.2, 0.25) is 0 Å². The number of hydrogen-bond acceptors (Lipinski definition) is 4. The van der Waals surface area contributed by atoms with Crippen LogP contribution in [0.4, 0.5) is 4.39 Å². The number of rotatable bonds is 6. The maximum absolute atomic E-state index is 13.7. The molecule has 1 aromatic heterocycles. The zero-order valence-corrected chi connectivity index (χ0v) is 14.0. The minimum absolute atomic E-state index is 0.123. The predicted molar refractivity (Wildman–Crippen MR) is 91.5 cm³/mol. The predicted octanol–water partition coefficient (Wildman–Crippen LogP) is 4.81. The number of carbonyl (C=O) groups is 1. The number of ether oxygens (including phenoxy) is 1. The van der Waals surface area contributed by atoms with Gasteiger partial charge in [-0.05, 0) is 29.8 Å². The summed E-state index contributed by atoms with van der Waals surface area (Å²) in [6.45, 7) is 0.158. The Morgan fingerprint density at radius 1 is 1.20 bits per heavy atom. The van der Waals surface area contributed by atoms with E-state index in [2.05, 4.69) is 4.98 Å². The van der Waals surface area contributed by atoms with Crippen LogP contribution in [0.1, 0.15) is 17.9 Å². The second-order valence-electron chi connectivity index (χ2n) is 5.39. The van der Waals surface area contributed by atoms with Crippen molar-refractivity contribution < 1.29 is 18.3 Å². The van der Waals surface area contributed by atoms with Gasteiger partial charge in [0, 0.05) is 11.4 Å². The summed E-state index contributed by atoms with van der Waals surface area (Å²) in [5.74, 6) is -0.0601. The Bertz CT molecular complexity index is 878. The van der Waals surface area contributed by atoms with E-state index in [0.29, 0.717) is 22.2 Å². The highest BCUT2D eigenvalue weighted by Crippen LogP contribution is 2.23. The van der Waals surface area contributed by atoms with E-state index in [1.165, 1.54) is 12.3 Å². The highest BCUT2D eigenvalue weighted by molar-refractivity contribution is 6.30. The Kier molecular flexibility index (Phi) is 5.46. The second-order valence-corrected chi connectivity index (χ2v) is 5.83. The number of aryl methyl sites for hydroxylation is 1. The van der Waals surface area contributed by atoms with E-state index in [-0.39, 0.29) is 31.2 Å². The third-order valence-corrected chi connectivity index (χ3v) is 3.76. The van der Waals surface area contributed by atoms with Gasteiger partial charge in [-0.2, -0.15) is 0 Å². The first kappa shape index (κ1) is 17.2. The molecule has 0 aliphatic rings. The molecular formula is C19H15ClFNO3. The molecule has 6 heteroatoms. The highest BCUT2D eigenvalue weighted by atomic mass is 35.5. The third-order valence-electron chi connectivity index (χ3n) is 3.52. The van der Waals surface area contributed by atoms with Crippen molar-refractivity contribution in [2.24, 2.45) is 0 Å². The number of nitrogens with zero attached hydrogens (tertiary/aromatic N) is 1. The Hall–Kier alpha value is -2.66. The molecule has 3 aromatic rings. The first-order chi connectivity index (χ1) is 12.1. The van der Waals surface area contributed by atoms with Crippen LogP contribution in [0.5, 0.6) is 0 Å². The van der Waals surface area contributed by atoms with Crippen molar-refractivity contribution in [1.29, 1.82) is 0 Å². The molecule has 0 fully saturated rings. The van der Waals surface area contributed by atoms with E-state index >= 15 is 0 Å². The van der Waals surface area contributed by atoms with Crippen LogP contribution in [-0.4, -0.2) is 11.0 Å². The normalized spacial score (nSPS) is 10.6. The van der Waals surface area contributed by atoms with Gasteiger partial charge in [-0.25, -0.2) is 9.37 Å². The van der Waals surface area contributed by atoms with Crippen LogP contribution in [0.2, 0.25) is 5.02 Å². The molecule has 0 aliphatic heterocycles. The van der Waals surface area contributed by atoms with Crippen molar-refractivity contribution in [1.82, 2.24) is 4.98 Å². The molecule has 0 amide bonds. The van der Waals surface area contributed by atoms with E-state index < -0.39 is 0 Å². The minimum Gasteiger partial charge on any atom is -0.461 e. The monoisotopic (exact) mass is 359 g/mol. The molecule has 128 valence electrons. The summed E-state index contributed by atoms with van der Waals surface area (Å²) in [7, 11) is 0. The summed E-state index contributed by atoms with van der Waals surface area (Å²) in [5.41, 5.74) is 1.16. The molecule has 0 aliphatic carbocycles. The van der Waals surface area contributed by atoms with Crippen molar-refractivity contribution >= 4 is 17.6 Å². The number of oxazole rings is 1. The molecule has 1 heterocycles. The maximum Gasteiger partial charge on any atom is 0.306 e. The lowest BCUT2D eigenvalue weighted by Crippen LogP contribution is -2.06. The third kappa shape index (κ3) is 4.67. The van der Waals surface area contributed by atoms with Crippen LogP contribution >= 0.6 is 11.6 Å². The zero-order valence-electron chi connectivity index (χ0n) is 13.2. The molecule has 0 radical (unpaired) electrons. The molecule has 0 saturated heterocycles. The quantitative estimate of drug-likeness (QED) is 0.593. The van der Waals surface area contributed by atoms with Crippen molar-refractivity contribution in [2.45, 2.75) is 19.4 Å². The van der Waals surface area contributed by atoms with Gasteiger partial charge in [-0.1, -0.05) is 35.9 Å². The second kappa shape index (κ2) is 7.94. The fourth-order valence-corrected chi connectivity index (χ4v) is 2.50. The van der Waals surface area contributed by atoms with Crippen LogP contribution in [0, 0.1) is 5.82 Å². The van der Waals surface area contributed by atoms with Gasteiger partial charge in [0.25, 0.3) is 0 Å². The number of benzene rings is 2. The van der Waals surface area contributed by atoms with Crippen LogP contribution < -0.4 is 0 Å². The zero-order chi connectivity index (χ0) is 17.6. The fraction of sp³-hybridized carbons (Fsp3) is 0.158. The van der Waals surface area contributed by atoms with E-state index in [4.69, 9.17) is 20.8 Å². The van der Waals surface area contributed by atoms with Crippen LogP contribution in [-0.2, 0) is 22.6 Å². The number of halogens is 2. The Balaban J connectivity index is 1.52. The molecule has 0 saturated carbocycles. The number of hydrogen-bond donors (Lipinski definition) is 0. The summed E-state index contributed by atoms with van der Waals surface area (Å²) >= 11 is 5.88. The molecule has 4 nitrogen and oxygen atoms in total. The molecule has 2 aromatic carbocycles. The van der Waals surface area contributed by atoms with Gasteiger partial charge in [-0.3, -0.25) is 4.79 Å². The SMILES string of the molecule is O=C(CCc1ncc(-c2ccccc2F)o1)OCc1cccc(Cl)c1. The Morgan fingerprint density at radius 2 is 2.04 bits per heavy atom. The summed E-state index contributed by atoms with van der Waals surface area (Å²) < 4.78 is 24.4.